The van der Waals surface area contributed by atoms with Crippen molar-refractivity contribution in [1.29, 1.82) is 0 Å². The molecular formula is C20H24F3NO. The minimum Gasteiger partial charge on any atom is -0.349 e. The van der Waals surface area contributed by atoms with Gasteiger partial charge in [0.1, 0.15) is 0 Å². The smallest absolute Gasteiger partial charge is 0.349 e. The van der Waals surface area contributed by atoms with E-state index in [1.165, 1.54) is 31.4 Å². The molecule has 4 bridgehead atoms. The number of amides is 1. The first-order chi connectivity index (χ1) is 11.7. The predicted octanol–water partition coefficient (Wildman–Crippen LogP) is 5.10. The zero-order valence-corrected chi connectivity index (χ0v) is 14.4. The minimum absolute atomic E-state index is 0.110. The van der Waals surface area contributed by atoms with Crippen LogP contribution in [0.1, 0.15) is 62.6 Å². The lowest BCUT2D eigenvalue weighted by Crippen LogP contribution is -2.53. The second-order valence-electron chi connectivity index (χ2n) is 8.51. The SMILES string of the molecule is C[C@H](NC(=O)C12CC3CC(CC(C3)C1)C2)c1ccc(C(F)(F)F)cc1. The highest BCUT2D eigenvalue weighted by molar-refractivity contribution is 5.83. The van der Waals surface area contributed by atoms with E-state index in [0.717, 1.165) is 31.4 Å². The summed E-state index contributed by atoms with van der Waals surface area (Å²) >= 11 is 0. The molecule has 5 heteroatoms. The van der Waals surface area contributed by atoms with Crippen LogP contribution in [0.3, 0.4) is 0 Å². The Bertz CT molecular complexity index is 629. The molecule has 1 N–H and O–H groups in total. The largest absolute Gasteiger partial charge is 0.416 e. The Morgan fingerprint density at radius 1 is 1.04 bits per heavy atom. The molecule has 136 valence electrons. The lowest BCUT2D eigenvalue weighted by atomic mass is 9.49. The van der Waals surface area contributed by atoms with Crippen molar-refractivity contribution >= 4 is 5.91 Å². The van der Waals surface area contributed by atoms with Gasteiger partial charge in [-0.05, 0) is 80.9 Å². The second-order valence-corrected chi connectivity index (χ2v) is 8.51. The van der Waals surface area contributed by atoms with Crippen LogP contribution < -0.4 is 5.32 Å². The van der Waals surface area contributed by atoms with Crippen LogP contribution in [0.25, 0.3) is 0 Å². The van der Waals surface area contributed by atoms with Crippen LogP contribution in [0.4, 0.5) is 13.2 Å². The normalized spacial score (nSPS) is 34.8. The van der Waals surface area contributed by atoms with E-state index in [4.69, 9.17) is 0 Å². The average Bonchev–Trinajstić information content (AvgIpc) is 2.52. The number of halogens is 3. The molecule has 0 spiro atoms. The van der Waals surface area contributed by atoms with Crippen LogP contribution in [0.15, 0.2) is 24.3 Å². The molecule has 0 aromatic heterocycles. The van der Waals surface area contributed by atoms with Gasteiger partial charge in [0.05, 0.1) is 11.6 Å². The van der Waals surface area contributed by atoms with Crippen molar-refractivity contribution in [2.75, 3.05) is 0 Å². The summed E-state index contributed by atoms with van der Waals surface area (Å²) < 4.78 is 38.1. The number of hydrogen-bond acceptors (Lipinski definition) is 1. The van der Waals surface area contributed by atoms with E-state index in [9.17, 15) is 18.0 Å². The van der Waals surface area contributed by atoms with Gasteiger partial charge in [-0.3, -0.25) is 4.79 Å². The molecule has 0 unspecified atom stereocenters. The molecule has 0 aliphatic heterocycles. The third kappa shape index (κ3) is 3.06. The second kappa shape index (κ2) is 5.75. The monoisotopic (exact) mass is 351 g/mol. The van der Waals surface area contributed by atoms with Crippen molar-refractivity contribution < 1.29 is 18.0 Å². The van der Waals surface area contributed by atoms with Gasteiger partial charge in [0, 0.05) is 5.41 Å². The van der Waals surface area contributed by atoms with Crippen LogP contribution in [-0.2, 0) is 11.0 Å². The molecule has 1 aromatic rings. The molecular weight excluding hydrogens is 327 g/mol. The zero-order chi connectivity index (χ0) is 17.8. The van der Waals surface area contributed by atoms with Gasteiger partial charge in [-0.25, -0.2) is 0 Å². The first kappa shape index (κ1) is 16.9. The van der Waals surface area contributed by atoms with E-state index >= 15 is 0 Å². The van der Waals surface area contributed by atoms with E-state index in [1.54, 1.807) is 0 Å². The van der Waals surface area contributed by atoms with Gasteiger partial charge in [0.2, 0.25) is 5.91 Å². The summed E-state index contributed by atoms with van der Waals surface area (Å²) in [5.41, 5.74) is -0.170. The summed E-state index contributed by atoms with van der Waals surface area (Å²) in [6.45, 7) is 1.85. The number of nitrogens with one attached hydrogen (secondary N) is 1. The Hall–Kier alpha value is -1.52. The summed E-state index contributed by atoms with van der Waals surface area (Å²) in [5, 5.41) is 3.09. The van der Waals surface area contributed by atoms with Crippen molar-refractivity contribution in [3.05, 3.63) is 35.4 Å². The van der Waals surface area contributed by atoms with Gasteiger partial charge in [0.25, 0.3) is 0 Å². The van der Waals surface area contributed by atoms with Crippen LogP contribution in [-0.4, -0.2) is 5.91 Å². The summed E-state index contributed by atoms with van der Waals surface area (Å²) in [4.78, 5) is 13.0. The summed E-state index contributed by atoms with van der Waals surface area (Å²) in [5.74, 6) is 2.19. The zero-order valence-electron chi connectivity index (χ0n) is 14.4. The molecule has 4 aliphatic rings. The number of alkyl halides is 3. The molecule has 0 radical (unpaired) electrons. The Kier molecular flexibility index (Phi) is 3.89. The first-order valence-electron chi connectivity index (χ1n) is 9.23. The van der Waals surface area contributed by atoms with Crippen LogP contribution in [0.5, 0.6) is 0 Å². The number of hydrogen-bond donors (Lipinski definition) is 1. The summed E-state index contributed by atoms with van der Waals surface area (Å²) in [6, 6.07) is 4.83. The maximum atomic E-state index is 13.0. The molecule has 4 fully saturated rings. The molecule has 2 nitrogen and oxygen atoms in total. The quantitative estimate of drug-likeness (QED) is 0.806. The molecule has 0 heterocycles. The van der Waals surface area contributed by atoms with E-state index in [2.05, 4.69) is 5.32 Å². The predicted molar refractivity (Wildman–Crippen MR) is 88.6 cm³/mol. The minimum atomic E-state index is -4.33. The highest BCUT2D eigenvalue weighted by Gasteiger charge is 2.54. The fraction of sp³-hybridized carbons (Fsp3) is 0.650. The highest BCUT2D eigenvalue weighted by atomic mass is 19.4. The van der Waals surface area contributed by atoms with Crippen molar-refractivity contribution in [1.82, 2.24) is 5.32 Å². The van der Waals surface area contributed by atoms with Gasteiger partial charge >= 0.3 is 6.18 Å². The number of carbonyl (C=O) groups excluding carboxylic acids is 1. The highest BCUT2D eigenvalue weighted by Crippen LogP contribution is 2.60. The topological polar surface area (TPSA) is 29.1 Å². The fourth-order valence-corrected chi connectivity index (χ4v) is 5.78. The van der Waals surface area contributed by atoms with E-state index in [-0.39, 0.29) is 17.4 Å². The average molecular weight is 351 g/mol. The number of benzene rings is 1. The molecule has 4 aliphatic carbocycles. The van der Waals surface area contributed by atoms with Crippen molar-refractivity contribution in [3.63, 3.8) is 0 Å². The summed E-state index contributed by atoms with van der Waals surface area (Å²) in [7, 11) is 0. The molecule has 0 saturated heterocycles. The summed E-state index contributed by atoms with van der Waals surface area (Å²) in [6.07, 6.45) is 2.48. The Morgan fingerprint density at radius 3 is 1.96 bits per heavy atom. The Labute approximate surface area is 146 Å². The van der Waals surface area contributed by atoms with Gasteiger partial charge in [0.15, 0.2) is 0 Å². The Morgan fingerprint density at radius 2 is 1.52 bits per heavy atom. The van der Waals surface area contributed by atoms with Gasteiger partial charge in [-0.2, -0.15) is 13.2 Å². The van der Waals surface area contributed by atoms with E-state index < -0.39 is 11.7 Å². The van der Waals surface area contributed by atoms with Crippen LogP contribution in [0, 0.1) is 23.2 Å². The van der Waals surface area contributed by atoms with Crippen molar-refractivity contribution in [2.24, 2.45) is 23.2 Å². The first-order valence-corrected chi connectivity index (χ1v) is 9.23. The van der Waals surface area contributed by atoms with Gasteiger partial charge in [-0.15, -0.1) is 0 Å². The molecule has 5 rings (SSSR count). The number of carbonyl (C=O) groups is 1. The van der Waals surface area contributed by atoms with Crippen LogP contribution >= 0.6 is 0 Å². The van der Waals surface area contributed by atoms with E-state index in [1.807, 2.05) is 6.92 Å². The van der Waals surface area contributed by atoms with Crippen molar-refractivity contribution in [3.8, 4) is 0 Å². The molecule has 1 aromatic carbocycles. The standard InChI is InChI=1S/C20H24F3NO/c1-12(16-2-4-17(5-3-16)20(21,22)23)24-18(25)19-9-13-6-14(10-19)8-15(7-13)11-19/h2-5,12-15H,6-11H2,1H3,(H,24,25)/t12-,13?,14?,15?,19?/m0/s1. The molecule has 1 atom stereocenters. The Balaban J connectivity index is 1.46. The molecule has 25 heavy (non-hydrogen) atoms. The third-order valence-electron chi connectivity index (χ3n) is 6.61. The maximum absolute atomic E-state index is 13.0. The van der Waals surface area contributed by atoms with Crippen LogP contribution in [0.2, 0.25) is 0 Å². The van der Waals surface area contributed by atoms with Crippen molar-refractivity contribution in [2.45, 2.75) is 57.7 Å². The van der Waals surface area contributed by atoms with Gasteiger partial charge in [-0.1, -0.05) is 12.1 Å². The number of rotatable bonds is 3. The van der Waals surface area contributed by atoms with Gasteiger partial charge < -0.3 is 5.32 Å². The molecule has 1 amide bonds. The maximum Gasteiger partial charge on any atom is 0.416 e. The fourth-order valence-electron chi connectivity index (χ4n) is 5.78. The molecule has 4 saturated carbocycles. The van der Waals surface area contributed by atoms with E-state index in [0.29, 0.717) is 23.3 Å². The lowest BCUT2D eigenvalue weighted by molar-refractivity contribution is -0.147. The third-order valence-corrected chi connectivity index (χ3v) is 6.61. The lowest BCUT2D eigenvalue weighted by Gasteiger charge is -2.55.